The maximum absolute atomic E-state index is 11.1. The molecule has 0 aromatic rings. The SMILES string of the molecule is O=C1C[C@H]2C[C@@H](O)[C@H](CO)[C@H]2C1. The van der Waals surface area contributed by atoms with E-state index in [-0.39, 0.29) is 24.5 Å². The van der Waals surface area contributed by atoms with E-state index in [2.05, 4.69) is 0 Å². The molecule has 3 heteroatoms. The molecule has 2 rings (SSSR count). The first-order chi connectivity index (χ1) is 5.72. The lowest BCUT2D eigenvalue weighted by atomic mass is 9.92. The van der Waals surface area contributed by atoms with Crippen LogP contribution in [0, 0.1) is 17.8 Å². The highest BCUT2D eigenvalue weighted by Gasteiger charge is 2.47. The highest BCUT2D eigenvalue weighted by atomic mass is 16.3. The van der Waals surface area contributed by atoms with Crippen molar-refractivity contribution in [1.82, 2.24) is 0 Å². The molecule has 0 unspecified atom stereocenters. The van der Waals surface area contributed by atoms with Gasteiger partial charge >= 0.3 is 0 Å². The lowest BCUT2D eigenvalue weighted by molar-refractivity contribution is -0.118. The third-order valence-electron chi connectivity index (χ3n) is 3.36. The Kier molecular flexibility index (Phi) is 1.93. The predicted molar refractivity (Wildman–Crippen MR) is 42.4 cm³/mol. The molecule has 2 N–H and O–H groups in total. The molecule has 3 nitrogen and oxygen atoms in total. The first-order valence-corrected chi connectivity index (χ1v) is 4.53. The molecule has 0 aromatic heterocycles. The van der Waals surface area contributed by atoms with E-state index in [1.807, 2.05) is 0 Å². The summed E-state index contributed by atoms with van der Waals surface area (Å²) in [6.45, 7) is 0.0234. The van der Waals surface area contributed by atoms with Crippen LogP contribution >= 0.6 is 0 Å². The number of fused-ring (bicyclic) bond motifs is 1. The second-order valence-corrected chi connectivity index (χ2v) is 4.02. The van der Waals surface area contributed by atoms with Crippen LogP contribution in [0.25, 0.3) is 0 Å². The van der Waals surface area contributed by atoms with Crippen molar-refractivity contribution >= 4 is 5.78 Å². The summed E-state index contributed by atoms with van der Waals surface area (Å²) >= 11 is 0. The van der Waals surface area contributed by atoms with Gasteiger partial charge in [0.2, 0.25) is 0 Å². The summed E-state index contributed by atoms with van der Waals surface area (Å²) in [6.07, 6.45) is 1.53. The van der Waals surface area contributed by atoms with Crippen molar-refractivity contribution < 1.29 is 15.0 Å². The summed E-state index contributed by atoms with van der Waals surface area (Å²) in [5.41, 5.74) is 0. The van der Waals surface area contributed by atoms with Crippen molar-refractivity contribution in [1.29, 1.82) is 0 Å². The molecule has 0 bridgehead atoms. The van der Waals surface area contributed by atoms with E-state index in [4.69, 9.17) is 5.11 Å². The number of aliphatic hydroxyl groups excluding tert-OH is 2. The van der Waals surface area contributed by atoms with Crippen LogP contribution in [0.15, 0.2) is 0 Å². The van der Waals surface area contributed by atoms with Crippen LogP contribution < -0.4 is 0 Å². The topological polar surface area (TPSA) is 57.5 Å². The van der Waals surface area contributed by atoms with Gasteiger partial charge in [0.15, 0.2) is 0 Å². The monoisotopic (exact) mass is 170 g/mol. The van der Waals surface area contributed by atoms with Crippen molar-refractivity contribution in [3.05, 3.63) is 0 Å². The molecule has 0 radical (unpaired) electrons. The van der Waals surface area contributed by atoms with Crippen LogP contribution in [0.2, 0.25) is 0 Å². The number of aliphatic hydroxyl groups is 2. The molecule has 12 heavy (non-hydrogen) atoms. The summed E-state index contributed by atoms with van der Waals surface area (Å²) in [5.74, 6) is 0.874. The summed E-state index contributed by atoms with van der Waals surface area (Å²) in [4.78, 5) is 11.1. The van der Waals surface area contributed by atoms with Gasteiger partial charge in [-0.3, -0.25) is 4.79 Å². The maximum Gasteiger partial charge on any atom is 0.133 e. The Morgan fingerprint density at radius 1 is 1.42 bits per heavy atom. The summed E-state index contributed by atoms with van der Waals surface area (Å²) < 4.78 is 0. The third kappa shape index (κ3) is 1.08. The zero-order valence-electron chi connectivity index (χ0n) is 6.94. The van der Waals surface area contributed by atoms with E-state index < -0.39 is 0 Å². The van der Waals surface area contributed by atoms with Crippen molar-refractivity contribution in [3.63, 3.8) is 0 Å². The Bertz CT molecular complexity index is 202. The minimum Gasteiger partial charge on any atom is -0.396 e. The third-order valence-corrected chi connectivity index (χ3v) is 3.36. The zero-order valence-corrected chi connectivity index (χ0v) is 6.94. The van der Waals surface area contributed by atoms with Crippen LogP contribution in [0.3, 0.4) is 0 Å². The van der Waals surface area contributed by atoms with Crippen molar-refractivity contribution in [2.45, 2.75) is 25.4 Å². The Morgan fingerprint density at radius 3 is 2.83 bits per heavy atom. The van der Waals surface area contributed by atoms with Gasteiger partial charge in [0.1, 0.15) is 5.78 Å². The fourth-order valence-corrected chi connectivity index (χ4v) is 2.74. The largest absolute Gasteiger partial charge is 0.396 e. The van der Waals surface area contributed by atoms with Crippen LogP contribution in [0.4, 0.5) is 0 Å². The van der Waals surface area contributed by atoms with Gasteiger partial charge in [0, 0.05) is 25.4 Å². The molecule has 0 saturated heterocycles. The first-order valence-electron chi connectivity index (χ1n) is 4.53. The highest BCUT2D eigenvalue weighted by molar-refractivity contribution is 5.81. The molecule has 0 spiro atoms. The van der Waals surface area contributed by atoms with E-state index in [0.717, 1.165) is 0 Å². The molecule has 68 valence electrons. The number of carbonyl (C=O) groups is 1. The zero-order chi connectivity index (χ0) is 8.72. The minimum atomic E-state index is -0.377. The second-order valence-electron chi connectivity index (χ2n) is 4.02. The van der Waals surface area contributed by atoms with Crippen molar-refractivity contribution in [3.8, 4) is 0 Å². The van der Waals surface area contributed by atoms with Crippen LogP contribution in [-0.2, 0) is 4.79 Å². The van der Waals surface area contributed by atoms with Crippen molar-refractivity contribution in [2.24, 2.45) is 17.8 Å². The lowest BCUT2D eigenvalue weighted by Gasteiger charge is -2.16. The molecule has 0 aliphatic heterocycles. The molecule has 2 fully saturated rings. The molecule has 2 saturated carbocycles. The van der Waals surface area contributed by atoms with E-state index in [0.29, 0.717) is 31.0 Å². The standard InChI is InChI=1S/C9H14O3/c10-4-8-7-3-6(11)1-5(7)2-9(8)12/h5,7-10,12H,1-4H2/t5-,7-,8+,9+/m0/s1. The quantitative estimate of drug-likeness (QED) is 0.580. The van der Waals surface area contributed by atoms with E-state index in [1.54, 1.807) is 0 Å². The van der Waals surface area contributed by atoms with Crippen LogP contribution in [0.1, 0.15) is 19.3 Å². The van der Waals surface area contributed by atoms with Gasteiger partial charge in [-0.1, -0.05) is 0 Å². The van der Waals surface area contributed by atoms with Gasteiger partial charge in [-0.2, -0.15) is 0 Å². The van der Waals surface area contributed by atoms with E-state index >= 15 is 0 Å². The van der Waals surface area contributed by atoms with E-state index in [9.17, 15) is 9.90 Å². The van der Waals surface area contributed by atoms with Crippen LogP contribution in [-0.4, -0.2) is 28.7 Å². The summed E-state index contributed by atoms with van der Waals surface area (Å²) in [6, 6.07) is 0. The average molecular weight is 170 g/mol. The molecular weight excluding hydrogens is 156 g/mol. The van der Waals surface area contributed by atoms with Gasteiger partial charge in [-0.15, -0.1) is 0 Å². The van der Waals surface area contributed by atoms with Gasteiger partial charge in [0.05, 0.1) is 6.10 Å². The average Bonchev–Trinajstić information content (AvgIpc) is 2.43. The number of hydrogen-bond donors (Lipinski definition) is 2. The summed E-state index contributed by atoms with van der Waals surface area (Å²) in [7, 11) is 0. The minimum absolute atomic E-state index is 0.0234. The normalized spacial score (nSPS) is 46.7. The van der Waals surface area contributed by atoms with Crippen molar-refractivity contribution in [2.75, 3.05) is 6.61 Å². The molecule has 0 aromatic carbocycles. The Labute approximate surface area is 71.4 Å². The highest BCUT2D eigenvalue weighted by Crippen LogP contribution is 2.45. The Hall–Kier alpha value is -0.410. The fraction of sp³-hybridized carbons (Fsp3) is 0.889. The lowest BCUT2D eigenvalue weighted by Crippen LogP contribution is -2.23. The molecular formula is C9H14O3. The first kappa shape index (κ1) is 8.20. The Balaban J connectivity index is 2.11. The van der Waals surface area contributed by atoms with Gasteiger partial charge in [-0.25, -0.2) is 0 Å². The predicted octanol–water partition coefficient (Wildman–Crippen LogP) is -0.0452. The molecule has 2 aliphatic carbocycles. The van der Waals surface area contributed by atoms with Gasteiger partial charge in [0.25, 0.3) is 0 Å². The second kappa shape index (κ2) is 2.82. The van der Waals surface area contributed by atoms with Gasteiger partial charge < -0.3 is 10.2 Å². The number of carbonyl (C=O) groups excluding carboxylic acids is 1. The number of Topliss-reactive ketones (excluding diaryl/α,β-unsaturated/α-hetero) is 1. The molecule has 0 amide bonds. The van der Waals surface area contributed by atoms with E-state index in [1.165, 1.54) is 0 Å². The number of hydrogen-bond acceptors (Lipinski definition) is 3. The number of ketones is 1. The smallest absolute Gasteiger partial charge is 0.133 e. The number of rotatable bonds is 1. The fourth-order valence-electron chi connectivity index (χ4n) is 2.74. The molecule has 0 heterocycles. The van der Waals surface area contributed by atoms with Crippen LogP contribution in [0.5, 0.6) is 0 Å². The Morgan fingerprint density at radius 2 is 2.17 bits per heavy atom. The maximum atomic E-state index is 11.1. The molecule has 4 atom stereocenters. The summed E-state index contributed by atoms with van der Waals surface area (Å²) in [5, 5.41) is 18.5. The van der Waals surface area contributed by atoms with Gasteiger partial charge in [-0.05, 0) is 18.3 Å². The molecule has 2 aliphatic rings.